The molecule has 0 aromatic heterocycles. The highest BCUT2D eigenvalue weighted by Gasteiger charge is 1.91. The van der Waals surface area contributed by atoms with Crippen LogP contribution in [0.5, 0.6) is 0 Å². The third-order valence-electron chi connectivity index (χ3n) is 2.22. The van der Waals surface area contributed by atoms with E-state index in [1.54, 1.807) is 0 Å². The van der Waals surface area contributed by atoms with Gasteiger partial charge < -0.3 is 4.74 Å². The number of allylic oxidation sites excluding steroid dienone is 2. The van der Waals surface area contributed by atoms with Crippen LogP contribution in [-0.4, -0.2) is 13.2 Å². The lowest BCUT2D eigenvalue weighted by atomic mass is 10.2. The first-order chi connectivity index (χ1) is 6.68. The normalized spacial score (nSPS) is 10.9. The maximum Gasteiger partial charge on any atom is 0.0676 e. The minimum Gasteiger partial charge on any atom is -0.377 e. The van der Waals surface area contributed by atoms with Crippen molar-refractivity contribution >= 4 is 0 Å². The molecule has 1 heteroatoms. The molecular formula is C13H24O. The van der Waals surface area contributed by atoms with E-state index in [9.17, 15) is 0 Å². The first kappa shape index (κ1) is 13.4. The van der Waals surface area contributed by atoms with Crippen molar-refractivity contribution in [1.82, 2.24) is 0 Å². The minimum atomic E-state index is 0.782. The molecule has 0 aliphatic heterocycles. The topological polar surface area (TPSA) is 9.23 Å². The van der Waals surface area contributed by atoms with Gasteiger partial charge in [-0.05, 0) is 39.2 Å². The van der Waals surface area contributed by atoms with Crippen molar-refractivity contribution in [1.29, 1.82) is 0 Å². The number of rotatable bonds is 7. The summed E-state index contributed by atoms with van der Waals surface area (Å²) in [5.41, 5.74) is 2.72. The Hall–Kier alpha value is -0.560. The fourth-order valence-corrected chi connectivity index (χ4v) is 0.923. The van der Waals surface area contributed by atoms with E-state index in [0.717, 1.165) is 19.6 Å². The Labute approximate surface area is 88.9 Å². The molecule has 0 aliphatic carbocycles. The van der Waals surface area contributed by atoms with Crippen molar-refractivity contribution in [3.63, 3.8) is 0 Å². The summed E-state index contributed by atoms with van der Waals surface area (Å²) < 4.78 is 5.53. The van der Waals surface area contributed by atoms with Gasteiger partial charge in [-0.25, -0.2) is 0 Å². The first-order valence-electron chi connectivity index (χ1n) is 5.54. The minimum absolute atomic E-state index is 0.782. The number of unbranched alkanes of at least 4 members (excludes halogenated alkanes) is 1. The average Bonchev–Trinajstić information content (AvgIpc) is 2.16. The molecule has 0 unspecified atom stereocenters. The molecule has 0 aromatic carbocycles. The molecule has 0 atom stereocenters. The molecule has 0 radical (unpaired) electrons. The fraction of sp³-hybridized carbons (Fsp3) is 0.692. The van der Waals surface area contributed by atoms with Gasteiger partial charge in [-0.1, -0.05) is 31.1 Å². The maximum atomic E-state index is 5.53. The van der Waals surface area contributed by atoms with Crippen LogP contribution in [0.4, 0.5) is 0 Å². The van der Waals surface area contributed by atoms with Crippen LogP contribution in [0, 0.1) is 0 Å². The second-order valence-corrected chi connectivity index (χ2v) is 3.88. The van der Waals surface area contributed by atoms with Crippen LogP contribution >= 0.6 is 0 Å². The van der Waals surface area contributed by atoms with E-state index in [4.69, 9.17) is 4.74 Å². The van der Waals surface area contributed by atoms with E-state index < -0.39 is 0 Å². The second-order valence-electron chi connectivity index (χ2n) is 3.88. The maximum absolute atomic E-state index is 5.53. The van der Waals surface area contributed by atoms with E-state index in [1.807, 2.05) is 0 Å². The quantitative estimate of drug-likeness (QED) is 0.440. The van der Waals surface area contributed by atoms with Crippen LogP contribution in [0.2, 0.25) is 0 Å². The summed E-state index contributed by atoms with van der Waals surface area (Å²) in [6.07, 6.45) is 7.90. The van der Waals surface area contributed by atoms with Crippen molar-refractivity contribution in [2.24, 2.45) is 0 Å². The summed E-state index contributed by atoms with van der Waals surface area (Å²) in [7, 11) is 0. The van der Waals surface area contributed by atoms with Gasteiger partial charge in [0.05, 0.1) is 13.2 Å². The van der Waals surface area contributed by atoms with E-state index in [1.165, 1.54) is 24.0 Å². The van der Waals surface area contributed by atoms with Gasteiger partial charge in [-0.3, -0.25) is 0 Å². The predicted octanol–water partition coefficient (Wildman–Crippen LogP) is 4.11. The molecular weight excluding hydrogens is 172 g/mol. The van der Waals surface area contributed by atoms with Crippen molar-refractivity contribution in [3.05, 3.63) is 23.3 Å². The molecule has 0 rings (SSSR count). The highest BCUT2D eigenvalue weighted by atomic mass is 16.5. The lowest BCUT2D eigenvalue weighted by Gasteiger charge is -2.04. The highest BCUT2D eigenvalue weighted by Crippen LogP contribution is 2.02. The van der Waals surface area contributed by atoms with Gasteiger partial charge in [-0.2, -0.15) is 0 Å². The molecule has 0 saturated heterocycles. The van der Waals surface area contributed by atoms with Crippen molar-refractivity contribution in [3.8, 4) is 0 Å². The zero-order valence-corrected chi connectivity index (χ0v) is 10.1. The number of hydrogen-bond acceptors (Lipinski definition) is 1. The molecule has 0 N–H and O–H groups in total. The largest absolute Gasteiger partial charge is 0.377 e. The monoisotopic (exact) mass is 196 g/mol. The van der Waals surface area contributed by atoms with Gasteiger partial charge in [0, 0.05) is 0 Å². The molecule has 0 aliphatic rings. The standard InChI is InChI=1S/C13H24O/c1-5-6-7-8-9-10-14-11-13(4)12(2)3/h7-8H,5-6,9-11H2,1-4H3/b8-7-. The molecule has 14 heavy (non-hydrogen) atoms. The average molecular weight is 196 g/mol. The van der Waals surface area contributed by atoms with Crippen LogP contribution in [0.1, 0.15) is 47.0 Å². The Morgan fingerprint density at radius 3 is 2.29 bits per heavy atom. The summed E-state index contributed by atoms with van der Waals surface area (Å²) in [6.45, 7) is 10.2. The van der Waals surface area contributed by atoms with Gasteiger partial charge in [-0.15, -0.1) is 0 Å². The summed E-state index contributed by atoms with van der Waals surface area (Å²) in [5.74, 6) is 0. The van der Waals surface area contributed by atoms with Gasteiger partial charge in [0.1, 0.15) is 0 Å². The lowest BCUT2D eigenvalue weighted by Crippen LogP contribution is -1.98. The molecule has 0 saturated carbocycles. The first-order valence-corrected chi connectivity index (χ1v) is 5.54. The molecule has 0 bridgehead atoms. The SMILES string of the molecule is CCC/C=C\CCOCC(C)=C(C)C. The molecule has 0 fully saturated rings. The Bertz CT molecular complexity index is 185. The Morgan fingerprint density at radius 1 is 1.07 bits per heavy atom. The zero-order valence-electron chi connectivity index (χ0n) is 10.1. The van der Waals surface area contributed by atoms with E-state index in [0.29, 0.717) is 0 Å². The second kappa shape index (κ2) is 9.01. The van der Waals surface area contributed by atoms with Gasteiger partial charge in [0.15, 0.2) is 0 Å². The molecule has 0 amide bonds. The van der Waals surface area contributed by atoms with E-state index in [2.05, 4.69) is 39.8 Å². The van der Waals surface area contributed by atoms with Crippen molar-refractivity contribution in [2.45, 2.75) is 47.0 Å². The highest BCUT2D eigenvalue weighted by molar-refractivity contribution is 5.06. The van der Waals surface area contributed by atoms with Crippen LogP contribution in [0.25, 0.3) is 0 Å². The summed E-state index contributed by atoms with van der Waals surface area (Å²) in [4.78, 5) is 0. The Morgan fingerprint density at radius 2 is 1.71 bits per heavy atom. The van der Waals surface area contributed by atoms with Crippen LogP contribution < -0.4 is 0 Å². The molecule has 82 valence electrons. The molecule has 0 aromatic rings. The Balaban J connectivity index is 3.34. The van der Waals surface area contributed by atoms with Crippen molar-refractivity contribution < 1.29 is 4.74 Å². The summed E-state index contributed by atoms with van der Waals surface area (Å²) in [6, 6.07) is 0. The van der Waals surface area contributed by atoms with Gasteiger partial charge in [0.2, 0.25) is 0 Å². The molecule has 1 nitrogen and oxygen atoms in total. The smallest absolute Gasteiger partial charge is 0.0676 e. The fourth-order valence-electron chi connectivity index (χ4n) is 0.923. The third-order valence-corrected chi connectivity index (χ3v) is 2.22. The number of hydrogen-bond donors (Lipinski definition) is 0. The predicted molar refractivity (Wildman–Crippen MR) is 63.5 cm³/mol. The van der Waals surface area contributed by atoms with Crippen molar-refractivity contribution in [2.75, 3.05) is 13.2 Å². The van der Waals surface area contributed by atoms with Gasteiger partial charge >= 0.3 is 0 Å². The Kier molecular flexibility index (Phi) is 8.65. The van der Waals surface area contributed by atoms with Crippen LogP contribution in [-0.2, 0) is 4.74 Å². The van der Waals surface area contributed by atoms with Gasteiger partial charge in [0.25, 0.3) is 0 Å². The zero-order chi connectivity index (χ0) is 10.8. The van der Waals surface area contributed by atoms with E-state index in [-0.39, 0.29) is 0 Å². The lowest BCUT2D eigenvalue weighted by molar-refractivity contribution is 0.160. The summed E-state index contributed by atoms with van der Waals surface area (Å²) >= 11 is 0. The summed E-state index contributed by atoms with van der Waals surface area (Å²) in [5, 5.41) is 0. The molecule has 0 heterocycles. The van der Waals surface area contributed by atoms with Crippen LogP contribution in [0.15, 0.2) is 23.3 Å². The van der Waals surface area contributed by atoms with E-state index >= 15 is 0 Å². The molecule has 0 spiro atoms. The third kappa shape index (κ3) is 8.06. The number of ether oxygens (including phenoxy) is 1. The van der Waals surface area contributed by atoms with Crippen LogP contribution in [0.3, 0.4) is 0 Å².